The van der Waals surface area contributed by atoms with Crippen LogP contribution in [0.15, 0.2) is 36.5 Å². The molecule has 34 heavy (non-hydrogen) atoms. The summed E-state index contributed by atoms with van der Waals surface area (Å²) in [6, 6.07) is 10.6. The molecular formula is C28H39N3O3. The third kappa shape index (κ3) is 6.57. The zero-order valence-corrected chi connectivity index (χ0v) is 20.9. The molecule has 1 aromatic carbocycles. The van der Waals surface area contributed by atoms with Gasteiger partial charge < -0.3 is 19.7 Å². The summed E-state index contributed by atoms with van der Waals surface area (Å²) in [5.74, 6) is 1.86. The van der Waals surface area contributed by atoms with Crippen LogP contribution in [0.2, 0.25) is 0 Å². The molecule has 1 aromatic heterocycles. The largest absolute Gasteiger partial charge is 0.492 e. The van der Waals surface area contributed by atoms with Crippen molar-refractivity contribution in [2.45, 2.75) is 58.5 Å². The van der Waals surface area contributed by atoms with Crippen molar-refractivity contribution in [2.75, 3.05) is 33.4 Å². The number of pyridine rings is 1. The number of benzene rings is 1. The molecule has 1 fully saturated rings. The maximum Gasteiger partial charge on any atom is 0.272 e. The second-order valence-corrected chi connectivity index (χ2v) is 10.2. The number of fused-ring (bicyclic) bond motifs is 1. The number of ether oxygens (including phenoxy) is 2. The number of rotatable bonds is 9. The van der Waals surface area contributed by atoms with E-state index in [1.54, 1.807) is 12.3 Å². The summed E-state index contributed by atoms with van der Waals surface area (Å²) in [5, 5.41) is 3.63. The van der Waals surface area contributed by atoms with Gasteiger partial charge in [-0.1, -0.05) is 32.0 Å². The van der Waals surface area contributed by atoms with Gasteiger partial charge in [-0.3, -0.25) is 4.79 Å². The summed E-state index contributed by atoms with van der Waals surface area (Å²) in [4.78, 5) is 19.3. The van der Waals surface area contributed by atoms with E-state index in [9.17, 15) is 4.79 Å². The summed E-state index contributed by atoms with van der Waals surface area (Å²) in [6.07, 6.45) is 6.84. The number of carbonyl (C=O) groups excluding carboxylic acids is 1. The van der Waals surface area contributed by atoms with E-state index in [0.717, 1.165) is 64.3 Å². The van der Waals surface area contributed by atoms with Gasteiger partial charge in [0.15, 0.2) is 0 Å². The molecule has 0 radical (unpaired) electrons. The van der Waals surface area contributed by atoms with E-state index in [0.29, 0.717) is 24.0 Å². The molecule has 0 spiro atoms. The Kier molecular flexibility index (Phi) is 8.57. The van der Waals surface area contributed by atoms with Gasteiger partial charge >= 0.3 is 0 Å². The maximum absolute atomic E-state index is 13.0. The molecule has 1 amide bonds. The number of nitrogens with zero attached hydrogens (tertiary/aromatic N) is 2. The first kappa shape index (κ1) is 24.7. The van der Waals surface area contributed by atoms with Crippen LogP contribution >= 0.6 is 0 Å². The molecule has 1 aliphatic heterocycles. The molecule has 2 heterocycles. The van der Waals surface area contributed by atoms with Gasteiger partial charge in [0.05, 0.1) is 12.8 Å². The molecule has 4 rings (SSSR count). The summed E-state index contributed by atoms with van der Waals surface area (Å²) in [5.41, 5.74) is 4.59. The molecule has 2 aliphatic rings. The molecule has 1 atom stereocenters. The minimum absolute atomic E-state index is 0.0298. The Bertz CT molecular complexity index is 938. The van der Waals surface area contributed by atoms with Crippen molar-refractivity contribution in [1.29, 1.82) is 0 Å². The fourth-order valence-corrected chi connectivity index (χ4v) is 4.80. The van der Waals surface area contributed by atoms with Gasteiger partial charge in [0.25, 0.3) is 5.91 Å². The lowest BCUT2D eigenvalue weighted by Gasteiger charge is -2.32. The van der Waals surface area contributed by atoms with E-state index >= 15 is 0 Å². The number of hydrogen-bond donors (Lipinski definition) is 1. The van der Waals surface area contributed by atoms with Crippen molar-refractivity contribution in [3.8, 4) is 5.75 Å². The minimum atomic E-state index is -0.0298. The Balaban J connectivity index is 1.29. The highest BCUT2D eigenvalue weighted by atomic mass is 16.5. The van der Waals surface area contributed by atoms with Gasteiger partial charge in [0.1, 0.15) is 11.4 Å². The fourth-order valence-electron chi connectivity index (χ4n) is 4.80. The Morgan fingerprint density at radius 1 is 1.18 bits per heavy atom. The molecule has 2 aromatic rings. The van der Waals surface area contributed by atoms with Crippen LogP contribution in [0.1, 0.15) is 60.3 Å². The highest BCUT2D eigenvalue weighted by Crippen LogP contribution is 2.26. The van der Waals surface area contributed by atoms with E-state index in [2.05, 4.69) is 42.3 Å². The van der Waals surface area contributed by atoms with Crippen molar-refractivity contribution in [3.05, 3.63) is 58.9 Å². The van der Waals surface area contributed by atoms with Gasteiger partial charge in [-0.25, -0.2) is 4.98 Å². The number of carbonyl (C=O) groups is 1. The molecule has 0 saturated carbocycles. The Labute approximate surface area is 204 Å². The average molecular weight is 466 g/mol. The van der Waals surface area contributed by atoms with Crippen LogP contribution in [0, 0.1) is 11.8 Å². The highest BCUT2D eigenvalue weighted by Gasteiger charge is 2.26. The van der Waals surface area contributed by atoms with Gasteiger partial charge in [-0.2, -0.15) is 0 Å². The maximum atomic E-state index is 13.0. The quantitative estimate of drug-likeness (QED) is 0.599. The van der Waals surface area contributed by atoms with Crippen LogP contribution in [0.3, 0.4) is 0 Å². The normalized spacial score (nSPS) is 18.5. The molecule has 1 aliphatic carbocycles. The van der Waals surface area contributed by atoms with Gasteiger partial charge in [0.2, 0.25) is 0 Å². The second kappa shape index (κ2) is 11.8. The molecule has 1 N–H and O–H groups in total. The molecule has 6 nitrogen and oxygen atoms in total. The topological polar surface area (TPSA) is 63.7 Å². The summed E-state index contributed by atoms with van der Waals surface area (Å²) >= 11 is 0. The van der Waals surface area contributed by atoms with E-state index in [-0.39, 0.29) is 11.9 Å². The standard InChI is InChI=1S/C28H39N3O3/c1-20(2)19-34-26-8-9-27(30-18-26)28(32)31(3)25-7-6-23-14-22(4-5-24(23)15-25)17-29-16-21-10-12-33-13-11-21/h4-5,8-9,14,18,20-21,25,29H,6-7,10-13,15-17,19H2,1-3H3. The zero-order chi connectivity index (χ0) is 23.9. The van der Waals surface area contributed by atoms with Gasteiger partial charge in [0, 0.05) is 32.8 Å². The van der Waals surface area contributed by atoms with Gasteiger partial charge in [-0.05, 0) is 79.3 Å². The van der Waals surface area contributed by atoms with Crippen LogP contribution < -0.4 is 10.1 Å². The van der Waals surface area contributed by atoms with Crippen LogP contribution in [0.4, 0.5) is 0 Å². The lowest BCUT2D eigenvalue weighted by Crippen LogP contribution is -2.41. The van der Waals surface area contributed by atoms with Gasteiger partial charge in [-0.15, -0.1) is 0 Å². The third-order valence-electron chi connectivity index (χ3n) is 6.98. The number of hydrogen-bond acceptors (Lipinski definition) is 5. The smallest absolute Gasteiger partial charge is 0.272 e. The first-order valence-electron chi connectivity index (χ1n) is 12.7. The van der Waals surface area contributed by atoms with Crippen molar-refractivity contribution in [2.24, 2.45) is 11.8 Å². The predicted octanol–water partition coefficient (Wildman–Crippen LogP) is 4.26. The molecular weight excluding hydrogens is 426 g/mol. The molecule has 1 unspecified atom stereocenters. The Morgan fingerprint density at radius 2 is 2.00 bits per heavy atom. The second-order valence-electron chi connectivity index (χ2n) is 10.2. The van der Waals surface area contributed by atoms with Crippen LogP contribution in [0.25, 0.3) is 0 Å². The molecule has 0 bridgehead atoms. The van der Waals surface area contributed by atoms with E-state index in [1.807, 2.05) is 18.0 Å². The Morgan fingerprint density at radius 3 is 2.74 bits per heavy atom. The van der Waals surface area contributed by atoms with E-state index < -0.39 is 0 Å². The summed E-state index contributed by atoms with van der Waals surface area (Å²) in [6.45, 7) is 8.63. The number of amides is 1. The number of likely N-dealkylation sites (N-methyl/N-ethyl adjacent to an activating group) is 1. The monoisotopic (exact) mass is 465 g/mol. The number of nitrogens with one attached hydrogen (secondary N) is 1. The third-order valence-corrected chi connectivity index (χ3v) is 6.98. The van der Waals surface area contributed by atoms with Crippen LogP contribution in [-0.4, -0.2) is 55.2 Å². The van der Waals surface area contributed by atoms with Crippen molar-refractivity contribution in [3.63, 3.8) is 0 Å². The van der Waals surface area contributed by atoms with E-state index in [1.165, 1.54) is 16.7 Å². The lowest BCUT2D eigenvalue weighted by molar-refractivity contribution is 0.0662. The van der Waals surface area contributed by atoms with Crippen molar-refractivity contribution < 1.29 is 14.3 Å². The first-order chi connectivity index (χ1) is 16.5. The predicted molar refractivity (Wildman–Crippen MR) is 134 cm³/mol. The lowest BCUT2D eigenvalue weighted by atomic mass is 9.86. The average Bonchev–Trinajstić information content (AvgIpc) is 2.87. The highest BCUT2D eigenvalue weighted by molar-refractivity contribution is 5.92. The first-order valence-corrected chi connectivity index (χ1v) is 12.7. The number of aryl methyl sites for hydroxylation is 1. The van der Waals surface area contributed by atoms with E-state index in [4.69, 9.17) is 9.47 Å². The zero-order valence-electron chi connectivity index (χ0n) is 20.9. The SMILES string of the molecule is CC(C)COc1ccc(C(=O)N(C)C2CCc3cc(CNCC4CCOCC4)ccc3C2)nc1. The minimum Gasteiger partial charge on any atom is -0.492 e. The fraction of sp³-hybridized carbons (Fsp3) is 0.571. The van der Waals surface area contributed by atoms with Crippen LogP contribution in [0.5, 0.6) is 5.75 Å². The number of aromatic nitrogens is 1. The summed E-state index contributed by atoms with van der Waals surface area (Å²) in [7, 11) is 1.90. The molecule has 184 valence electrons. The molecule has 6 heteroatoms. The summed E-state index contributed by atoms with van der Waals surface area (Å²) < 4.78 is 11.1. The van der Waals surface area contributed by atoms with Crippen LogP contribution in [-0.2, 0) is 24.1 Å². The molecule has 1 saturated heterocycles. The van der Waals surface area contributed by atoms with Crippen molar-refractivity contribution >= 4 is 5.91 Å². The Hall–Kier alpha value is -2.44. The van der Waals surface area contributed by atoms with Crippen molar-refractivity contribution in [1.82, 2.24) is 15.2 Å².